The molecule has 0 radical (unpaired) electrons. The first-order chi connectivity index (χ1) is 10.7. The topological polar surface area (TPSA) is 66.5 Å². The summed E-state index contributed by atoms with van der Waals surface area (Å²) in [5.74, 6) is -4.28. The number of nitrogens with zero attached hydrogens (tertiary/aromatic N) is 1. The molecule has 2 unspecified atom stereocenters. The molecular formula is C15H21ClF2N2O3S. The van der Waals surface area contributed by atoms with E-state index in [0.717, 1.165) is 0 Å². The van der Waals surface area contributed by atoms with E-state index in [1.807, 2.05) is 13.8 Å². The number of halogens is 3. The highest BCUT2D eigenvalue weighted by molar-refractivity contribution is 7.90. The largest absolute Gasteiger partial charge is 0.337 e. The fourth-order valence-corrected chi connectivity index (χ4v) is 3.33. The molecule has 0 aliphatic carbocycles. The van der Waals surface area contributed by atoms with Crippen molar-refractivity contribution in [3.8, 4) is 0 Å². The predicted molar refractivity (Wildman–Crippen MR) is 90.3 cm³/mol. The Morgan fingerprint density at radius 3 is 2.42 bits per heavy atom. The van der Waals surface area contributed by atoms with Crippen molar-refractivity contribution in [2.45, 2.75) is 37.4 Å². The van der Waals surface area contributed by atoms with Gasteiger partial charge in [0.05, 0.1) is 5.75 Å². The lowest BCUT2D eigenvalue weighted by Gasteiger charge is -2.38. The Bertz CT molecular complexity index is 668. The minimum absolute atomic E-state index is 0. The van der Waals surface area contributed by atoms with E-state index in [4.69, 9.17) is 0 Å². The van der Waals surface area contributed by atoms with Crippen LogP contribution in [0.2, 0.25) is 0 Å². The summed E-state index contributed by atoms with van der Waals surface area (Å²) in [5, 5.41) is 3.28. The Hall–Kier alpha value is -1.25. The molecule has 1 aliphatic rings. The molecule has 136 valence electrons. The second-order valence-corrected chi connectivity index (χ2v) is 7.72. The van der Waals surface area contributed by atoms with Crippen molar-refractivity contribution < 1.29 is 22.0 Å². The molecule has 1 aliphatic heterocycles. The summed E-state index contributed by atoms with van der Waals surface area (Å²) >= 11 is 0. The van der Waals surface area contributed by atoms with E-state index < -0.39 is 21.3 Å². The van der Waals surface area contributed by atoms with Crippen LogP contribution >= 0.6 is 12.4 Å². The fourth-order valence-electron chi connectivity index (χ4n) is 2.55. The molecule has 5 nitrogen and oxygen atoms in total. The van der Waals surface area contributed by atoms with Crippen molar-refractivity contribution in [3.63, 3.8) is 0 Å². The average Bonchev–Trinajstić information content (AvgIpc) is 2.49. The lowest BCUT2D eigenvalue weighted by molar-refractivity contribution is 0.0603. The average molecular weight is 383 g/mol. The van der Waals surface area contributed by atoms with E-state index in [-0.39, 0.29) is 36.0 Å². The lowest BCUT2D eigenvalue weighted by atomic mass is 10.0. The van der Waals surface area contributed by atoms with E-state index in [1.165, 1.54) is 24.3 Å². The minimum Gasteiger partial charge on any atom is -0.333 e. The molecule has 1 aromatic rings. The fraction of sp³-hybridized carbons (Fsp3) is 0.533. The van der Waals surface area contributed by atoms with Crippen LogP contribution in [0.25, 0.3) is 0 Å². The molecule has 0 bridgehead atoms. The third-order valence-electron chi connectivity index (χ3n) is 4.14. The molecule has 9 heteroatoms. The van der Waals surface area contributed by atoms with Gasteiger partial charge < -0.3 is 10.2 Å². The van der Waals surface area contributed by atoms with Gasteiger partial charge in [-0.15, -0.1) is 12.4 Å². The number of piperazine rings is 1. The second-order valence-electron chi connectivity index (χ2n) is 5.75. The number of carbonyl (C=O) groups is 1. The number of hydrogen-bond acceptors (Lipinski definition) is 4. The molecule has 0 saturated carbocycles. The van der Waals surface area contributed by atoms with Gasteiger partial charge in [-0.25, -0.2) is 8.42 Å². The van der Waals surface area contributed by atoms with E-state index >= 15 is 0 Å². The molecule has 1 amide bonds. The Balaban J connectivity index is 0.00000288. The maximum Gasteiger partial charge on any atom is 0.337 e. The van der Waals surface area contributed by atoms with Gasteiger partial charge in [-0.05, 0) is 31.5 Å². The Morgan fingerprint density at radius 1 is 1.29 bits per heavy atom. The van der Waals surface area contributed by atoms with Gasteiger partial charge in [0.2, 0.25) is 9.84 Å². The number of carbonyl (C=O) groups excluding carboxylic acids is 1. The maximum absolute atomic E-state index is 12.5. The number of nitrogens with one attached hydrogen (secondary N) is 1. The third kappa shape index (κ3) is 4.64. The zero-order valence-corrected chi connectivity index (χ0v) is 15.0. The highest BCUT2D eigenvalue weighted by atomic mass is 35.5. The molecule has 1 fully saturated rings. The summed E-state index contributed by atoms with van der Waals surface area (Å²) in [6.45, 7) is 5.26. The third-order valence-corrected chi connectivity index (χ3v) is 5.41. The summed E-state index contributed by atoms with van der Waals surface area (Å²) in [5.41, 5.74) is 0.660. The first kappa shape index (κ1) is 20.8. The molecular weight excluding hydrogens is 362 g/mol. The molecule has 1 N–H and O–H groups in total. The summed E-state index contributed by atoms with van der Waals surface area (Å²) < 4.78 is 47.2. The van der Waals surface area contributed by atoms with Crippen LogP contribution in [0, 0.1) is 0 Å². The van der Waals surface area contributed by atoms with Crippen LogP contribution in [-0.2, 0) is 15.6 Å². The first-order valence-electron chi connectivity index (χ1n) is 7.35. The molecule has 24 heavy (non-hydrogen) atoms. The van der Waals surface area contributed by atoms with Crippen molar-refractivity contribution in [1.82, 2.24) is 10.2 Å². The number of alkyl halides is 2. The molecule has 2 rings (SSSR count). The van der Waals surface area contributed by atoms with E-state index in [1.54, 1.807) is 4.90 Å². The summed E-state index contributed by atoms with van der Waals surface area (Å²) in [6.07, 6.45) is 0. The van der Waals surface area contributed by atoms with Crippen LogP contribution in [0.5, 0.6) is 0 Å². The van der Waals surface area contributed by atoms with Gasteiger partial charge in [-0.2, -0.15) is 8.78 Å². The zero-order valence-electron chi connectivity index (χ0n) is 13.4. The van der Waals surface area contributed by atoms with Gasteiger partial charge in [0.25, 0.3) is 5.91 Å². The van der Waals surface area contributed by atoms with E-state index in [9.17, 15) is 22.0 Å². The molecule has 1 aromatic carbocycles. The monoisotopic (exact) mass is 382 g/mol. The number of benzene rings is 1. The minimum atomic E-state index is -4.46. The van der Waals surface area contributed by atoms with Gasteiger partial charge in [-0.3, -0.25) is 4.79 Å². The normalized spacial score (nSPS) is 21.5. The van der Waals surface area contributed by atoms with Gasteiger partial charge in [0.1, 0.15) is 0 Å². The summed E-state index contributed by atoms with van der Waals surface area (Å²) in [7, 11) is -4.46. The summed E-state index contributed by atoms with van der Waals surface area (Å²) in [4.78, 5) is 14.3. The van der Waals surface area contributed by atoms with Gasteiger partial charge in [-0.1, -0.05) is 12.1 Å². The van der Waals surface area contributed by atoms with Crippen molar-refractivity contribution >= 4 is 28.2 Å². The second kappa shape index (κ2) is 8.22. The number of rotatable bonds is 4. The Morgan fingerprint density at radius 2 is 1.88 bits per heavy atom. The Kier molecular flexibility index (Phi) is 7.12. The number of sulfone groups is 1. The lowest BCUT2D eigenvalue weighted by Crippen LogP contribution is -2.57. The van der Waals surface area contributed by atoms with Gasteiger partial charge in [0.15, 0.2) is 0 Å². The molecule has 0 aromatic heterocycles. The van der Waals surface area contributed by atoms with Crippen LogP contribution in [-0.4, -0.2) is 50.2 Å². The van der Waals surface area contributed by atoms with Crippen molar-refractivity contribution in [2.24, 2.45) is 0 Å². The molecule has 2 atom stereocenters. The molecule has 1 heterocycles. The van der Waals surface area contributed by atoms with Crippen LogP contribution in [0.3, 0.4) is 0 Å². The predicted octanol–water partition coefficient (Wildman–Crippen LogP) is 2.07. The smallest absolute Gasteiger partial charge is 0.333 e. The number of amides is 1. The highest BCUT2D eigenvalue weighted by Crippen LogP contribution is 2.17. The van der Waals surface area contributed by atoms with Crippen molar-refractivity contribution in [3.05, 3.63) is 35.4 Å². The van der Waals surface area contributed by atoms with Crippen LogP contribution in [0.15, 0.2) is 24.3 Å². The standard InChI is InChI=1S/C15H20F2N2O3S.ClH/c1-10-11(2)19(8-7-18-10)14(20)13-5-3-12(4-6-13)9-23(21,22)15(16)17;/h3-6,10-11,15,18H,7-9H2,1-2H3;1H. The van der Waals surface area contributed by atoms with Gasteiger partial charge in [0, 0.05) is 30.7 Å². The molecule has 0 spiro atoms. The van der Waals surface area contributed by atoms with Crippen LogP contribution < -0.4 is 5.32 Å². The maximum atomic E-state index is 12.5. The van der Waals surface area contributed by atoms with E-state index in [0.29, 0.717) is 18.7 Å². The summed E-state index contributed by atoms with van der Waals surface area (Å²) in [6, 6.07) is 6.00. The van der Waals surface area contributed by atoms with Crippen molar-refractivity contribution in [1.29, 1.82) is 0 Å². The van der Waals surface area contributed by atoms with Crippen LogP contribution in [0.1, 0.15) is 29.8 Å². The van der Waals surface area contributed by atoms with Crippen molar-refractivity contribution in [2.75, 3.05) is 13.1 Å². The molecule has 1 saturated heterocycles. The first-order valence-corrected chi connectivity index (χ1v) is 9.07. The highest BCUT2D eigenvalue weighted by Gasteiger charge is 2.29. The Labute approximate surface area is 146 Å². The SMILES string of the molecule is CC1NCCN(C(=O)c2ccc(CS(=O)(=O)C(F)F)cc2)C1C.Cl. The quantitative estimate of drug-likeness (QED) is 0.865. The van der Waals surface area contributed by atoms with Crippen LogP contribution in [0.4, 0.5) is 8.78 Å². The van der Waals surface area contributed by atoms with Gasteiger partial charge >= 0.3 is 5.76 Å². The number of hydrogen-bond donors (Lipinski definition) is 1. The zero-order chi connectivity index (χ0) is 17.2. The van der Waals surface area contributed by atoms with E-state index in [2.05, 4.69) is 5.32 Å².